The van der Waals surface area contributed by atoms with Crippen LogP contribution in [0.15, 0.2) is 27.6 Å². The van der Waals surface area contributed by atoms with Crippen LogP contribution in [0, 0.1) is 19.8 Å². The van der Waals surface area contributed by atoms with Gasteiger partial charge in [-0.25, -0.2) is 13.2 Å². The van der Waals surface area contributed by atoms with Crippen LogP contribution in [0.3, 0.4) is 0 Å². The minimum atomic E-state index is -3.94. The molecular weight excluding hydrogens is 526 g/mol. The molecule has 0 saturated heterocycles. The summed E-state index contributed by atoms with van der Waals surface area (Å²) < 4.78 is 39.5. The molecule has 1 aliphatic heterocycles. The molecule has 0 spiro atoms. The monoisotopic (exact) mass is 565 g/mol. The number of likely N-dealkylation sites (N-methyl/N-ethyl adjacent to an activating group) is 1. The van der Waals surface area contributed by atoms with Gasteiger partial charge in [-0.15, -0.1) is 0 Å². The summed E-state index contributed by atoms with van der Waals surface area (Å²) in [6, 6.07) is 4.11. The minimum absolute atomic E-state index is 0.0146. The summed E-state index contributed by atoms with van der Waals surface area (Å²) in [6.45, 7) is 10.4. The van der Waals surface area contributed by atoms with E-state index in [1.54, 1.807) is 43.9 Å². The molecule has 0 bridgehead atoms. The molecule has 0 unspecified atom stereocenters. The Morgan fingerprint density at radius 1 is 1.28 bits per heavy atom. The molecule has 0 saturated carbocycles. The Bertz CT molecular complexity index is 1270. The molecule has 216 valence electrons. The van der Waals surface area contributed by atoms with Crippen molar-refractivity contribution in [3.63, 3.8) is 0 Å². The zero-order valence-electron chi connectivity index (χ0n) is 23.5. The predicted octanol–water partition coefficient (Wildman–Crippen LogP) is 2.29. The largest absolute Gasteiger partial charge is 0.488 e. The molecule has 3 rings (SSSR count). The average molecular weight is 566 g/mol. The summed E-state index contributed by atoms with van der Waals surface area (Å²) in [5.74, 6) is 0.0973. The number of aromatic nitrogens is 1. The number of sulfonamides is 1. The molecule has 39 heavy (non-hydrogen) atoms. The fourth-order valence-corrected chi connectivity index (χ4v) is 5.97. The SMILES string of the molecule is Cc1noc(C)c1S(=O)(=O)N(C)C[C@H]1Oc2ccc(NC(=O)NC(C)C)cc2CC(=O)N([C@H](C)CO)C[C@H]1C. The van der Waals surface area contributed by atoms with Crippen LogP contribution in [0.25, 0.3) is 0 Å². The molecule has 2 heterocycles. The zero-order chi connectivity index (χ0) is 29.1. The van der Waals surface area contributed by atoms with Crippen LogP contribution in [-0.2, 0) is 21.2 Å². The van der Waals surface area contributed by atoms with Crippen molar-refractivity contribution in [2.24, 2.45) is 5.92 Å². The molecule has 2 aromatic rings. The second kappa shape index (κ2) is 12.3. The average Bonchev–Trinajstić information content (AvgIpc) is 3.21. The zero-order valence-corrected chi connectivity index (χ0v) is 24.3. The van der Waals surface area contributed by atoms with E-state index in [0.29, 0.717) is 17.0 Å². The van der Waals surface area contributed by atoms with Crippen LogP contribution in [0.5, 0.6) is 5.75 Å². The molecule has 0 fully saturated rings. The molecule has 3 amide bonds. The first kappa shape index (κ1) is 30.4. The van der Waals surface area contributed by atoms with Gasteiger partial charge in [-0.1, -0.05) is 12.1 Å². The first-order valence-electron chi connectivity index (χ1n) is 12.9. The number of anilines is 1. The number of carbonyl (C=O) groups is 2. The number of aryl methyl sites for hydroxylation is 2. The molecular formula is C26H39N5O7S. The van der Waals surface area contributed by atoms with Crippen molar-refractivity contribution < 1.29 is 32.4 Å². The standard InChI is InChI=1S/C26H39N5O7S/c1-15(2)27-26(34)28-21-8-9-22-20(10-21)11-24(33)31(17(4)14-32)12-16(3)23(37-22)13-30(7)39(35,36)25-18(5)29-38-19(25)6/h8-10,15-17,23,32H,11-14H2,1-7H3,(H2,27,28,34)/t16-,17-,23-/m1/s1. The van der Waals surface area contributed by atoms with Crippen LogP contribution in [0.1, 0.15) is 44.7 Å². The number of nitrogens with one attached hydrogen (secondary N) is 2. The molecule has 12 nitrogen and oxygen atoms in total. The number of ether oxygens (including phenoxy) is 1. The molecule has 1 aliphatic rings. The first-order chi connectivity index (χ1) is 18.2. The van der Waals surface area contributed by atoms with Gasteiger partial charge >= 0.3 is 6.03 Å². The molecule has 0 radical (unpaired) electrons. The number of amides is 3. The lowest BCUT2D eigenvalue weighted by atomic mass is 10.0. The number of nitrogens with zero attached hydrogens (tertiary/aromatic N) is 3. The van der Waals surface area contributed by atoms with Gasteiger partial charge in [-0.2, -0.15) is 4.31 Å². The number of hydrogen-bond acceptors (Lipinski definition) is 8. The Labute approximate surface area is 229 Å². The number of carbonyl (C=O) groups excluding carboxylic acids is 2. The summed E-state index contributed by atoms with van der Waals surface area (Å²) in [4.78, 5) is 27.2. The lowest BCUT2D eigenvalue weighted by Gasteiger charge is -2.33. The Morgan fingerprint density at radius 3 is 2.56 bits per heavy atom. The first-order valence-corrected chi connectivity index (χ1v) is 14.3. The van der Waals surface area contributed by atoms with Gasteiger partial charge in [0.15, 0.2) is 5.76 Å². The smallest absolute Gasteiger partial charge is 0.319 e. The number of fused-ring (bicyclic) bond motifs is 1. The van der Waals surface area contributed by atoms with Crippen molar-refractivity contribution >= 4 is 27.6 Å². The summed E-state index contributed by atoms with van der Waals surface area (Å²) in [5, 5.41) is 19.1. The van der Waals surface area contributed by atoms with Gasteiger partial charge in [0.05, 0.1) is 25.6 Å². The number of benzene rings is 1. The maximum atomic E-state index is 13.4. The van der Waals surface area contributed by atoms with Crippen LogP contribution < -0.4 is 15.4 Å². The van der Waals surface area contributed by atoms with Gasteiger partial charge in [0, 0.05) is 36.8 Å². The van der Waals surface area contributed by atoms with Crippen LogP contribution in [-0.4, -0.2) is 84.8 Å². The number of urea groups is 1. The Balaban J connectivity index is 1.97. The predicted molar refractivity (Wildman–Crippen MR) is 145 cm³/mol. The third kappa shape index (κ3) is 7.08. The second-order valence-electron chi connectivity index (χ2n) is 10.4. The second-order valence-corrected chi connectivity index (χ2v) is 12.4. The van der Waals surface area contributed by atoms with E-state index in [-0.39, 0.29) is 66.4 Å². The maximum Gasteiger partial charge on any atom is 0.319 e. The Morgan fingerprint density at radius 2 is 1.97 bits per heavy atom. The molecule has 1 aromatic carbocycles. The van der Waals surface area contributed by atoms with Gasteiger partial charge in [0.1, 0.15) is 22.4 Å². The molecule has 1 aromatic heterocycles. The molecule has 3 atom stereocenters. The van der Waals surface area contributed by atoms with E-state index < -0.39 is 22.2 Å². The van der Waals surface area contributed by atoms with E-state index >= 15 is 0 Å². The number of rotatable bonds is 8. The molecule has 13 heteroatoms. The summed E-state index contributed by atoms with van der Waals surface area (Å²) in [5.41, 5.74) is 1.28. The fourth-order valence-electron chi connectivity index (χ4n) is 4.50. The Kier molecular flexibility index (Phi) is 9.62. The van der Waals surface area contributed by atoms with E-state index in [1.807, 2.05) is 20.8 Å². The third-order valence-electron chi connectivity index (χ3n) is 6.67. The van der Waals surface area contributed by atoms with Crippen LogP contribution >= 0.6 is 0 Å². The topological polar surface area (TPSA) is 154 Å². The normalized spacial score (nSPS) is 19.1. The highest BCUT2D eigenvalue weighted by Gasteiger charge is 2.35. The van der Waals surface area contributed by atoms with Crippen molar-refractivity contribution in [1.82, 2.24) is 19.7 Å². The van der Waals surface area contributed by atoms with Gasteiger partial charge in [0.2, 0.25) is 15.9 Å². The summed E-state index contributed by atoms with van der Waals surface area (Å²) in [6.07, 6.45) is -0.667. The number of aliphatic hydroxyl groups is 1. The summed E-state index contributed by atoms with van der Waals surface area (Å²) in [7, 11) is -2.48. The van der Waals surface area contributed by atoms with Crippen LogP contribution in [0.4, 0.5) is 10.5 Å². The van der Waals surface area contributed by atoms with E-state index in [2.05, 4.69) is 15.8 Å². The fraction of sp³-hybridized carbons (Fsp3) is 0.577. The maximum absolute atomic E-state index is 13.4. The highest BCUT2D eigenvalue weighted by Crippen LogP contribution is 2.30. The van der Waals surface area contributed by atoms with Crippen molar-refractivity contribution in [3.8, 4) is 5.75 Å². The lowest BCUT2D eigenvalue weighted by Crippen LogP contribution is -2.48. The van der Waals surface area contributed by atoms with Gasteiger partial charge in [-0.3, -0.25) is 4.79 Å². The van der Waals surface area contributed by atoms with Crippen molar-refractivity contribution in [3.05, 3.63) is 35.2 Å². The van der Waals surface area contributed by atoms with Gasteiger partial charge in [-0.05, 0) is 52.8 Å². The molecule has 3 N–H and O–H groups in total. The Hall–Kier alpha value is -3.16. The van der Waals surface area contributed by atoms with E-state index in [1.165, 1.54) is 11.4 Å². The van der Waals surface area contributed by atoms with Crippen molar-refractivity contribution in [2.75, 3.05) is 32.1 Å². The summed E-state index contributed by atoms with van der Waals surface area (Å²) >= 11 is 0. The van der Waals surface area contributed by atoms with Gasteiger partial charge in [0.25, 0.3) is 0 Å². The highest BCUT2D eigenvalue weighted by atomic mass is 32.2. The van der Waals surface area contributed by atoms with E-state index in [0.717, 1.165) is 0 Å². The third-order valence-corrected chi connectivity index (χ3v) is 8.74. The minimum Gasteiger partial charge on any atom is -0.488 e. The van der Waals surface area contributed by atoms with E-state index in [9.17, 15) is 23.1 Å². The number of hydrogen-bond donors (Lipinski definition) is 3. The van der Waals surface area contributed by atoms with Crippen molar-refractivity contribution in [1.29, 1.82) is 0 Å². The quantitative estimate of drug-likeness (QED) is 0.441. The van der Waals surface area contributed by atoms with Gasteiger partial charge < -0.3 is 29.9 Å². The molecule has 0 aliphatic carbocycles. The van der Waals surface area contributed by atoms with Crippen molar-refractivity contribution in [2.45, 2.75) is 71.0 Å². The van der Waals surface area contributed by atoms with E-state index in [4.69, 9.17) is 9.26 Å². The highest BCUT2D eigenvalue weighted by molar-refractivity contribution is 7.89. The number of aliphatic hydroxyl groups excluding tert-OH is 1. The lowest BCUT2D eigenvalue weighted by molar-refractivity contribution is -0.134. The van der Waals surface area contributed by atoms with Crippen LogP contribution in [0.2, 0.25) is 0 Å².